The fourth-order valence-corrected chi connectivity index (χ4v) is 2.74. The number of nitrogens with zero attached hydrogens (tertiary/aromatic N) is 2. The highest BCUT2D eigenvalue weighted by atomic mass is 35.5. The number of benzene rings is 2. The number of carbonyl (C=O) groups excluding carboxylic acids is 2. The maximum Gasteiger partial charge on any atom is 0.259 e. The van der Waals surface area contributed by atoms with Crippen molar-refractivity contribution in [3.63, 3.8) is 0 Å². The molecule has 5 nitrogen and oxygen atoms in total. The van der Waals surface area contributed by atoms with Crippen molar-refractivity contribution < 1.29 is 14.0 Å². The van der Waals surface area contributed by atoms with Crippen molar-refractivity contribution in [1.82, 2.24) is 10.2 Å². The van der Waals surface area contributed by atoms with Gasteiger partial charge in [-0.1, -0.05) is 29.8 Å². The number of hydrogen-bond acceptors (Lipinski definition) is 3. The summed E-state index contributed by atoms with van der Waals surface area (Å²) in [6.07, 6.45) is 0.622. The maximum atomic E-state index is 13.1. The van der Waals surface area contributed by atoms with Gasteiger partial charge in [-0.05, 0) is 30.3 Å². The highest BCUT2D eigenvalue weighted by Gasteiger charge is 2.23. The molecular weight excluding hydrogens is 345 g/mol. The van der Waals surface area contributed by atoms with E-state index in [1.807, 2.05) is 0 Å². The Morgan fingerprint density at radius 2 is 1.88 bits per heavy atom. The van der Waals surface area contributed by atoms with Crippen molar-refractivity contribution in [2.45, 2.75) is 0 Å². The van der Waals surface area contributed by atoms with E-state index in [1.54, 1.807) is 36.4 Å². The van der Waals surface area contributed by atoms with Crippen molar-refractivity contribution in [3.8, 4) is 11.3 Å². The Kier molecular flexibility index (Phi) is 4.63. The predicted octanol–water partition coefficient (Wildman–Crippen LogP) is 3.96. The Morgan fingerprint density at radius 3 is 2.56 bits per heavy atom. The molecule has 1 heterocycles. The van der Waals surface area contributed by atoms with Crippen LogP contribution in [0.3, 0.4) is 0 Å². The van der Waals surface area contributed by atoms with Gasteiger partial charge in [0.1, 0.15) is 10.8 Å². The van der Waals surface area contributed by atoms with E-state index in [9.17, 15) is 14.0 Å². The minimum atomic E-state index is -0.415. The van der Waals surface area contributed by atoms with Gasteiger partial charge in [-0.25, -0.2) is 4.39 Å². The van der Waals surface area contributed by atoms with Gasteiger partial charge in [0.25, 0.3) is 5.91 Å². The van der Waals surface area contributed by atoms with Crippen molar-refractivity contribution in [2.24, 2.45) is 0 Å². The molecule has 0 bridgehead atoms. The topological polar surface area (TPSA) is 66.1 Å². The highest BCUT2D eigenvalue weighted by molar-refractivity contribution is 6.36. The van der Waals surface area contributed by atoms with Gasteiger partial charge in [0, 0.05) is 18.2 Å². The highest BCUT2D eigenvalue weighted by Crippen LogP contribution is 2.33. The second kappa shape index (κ2) is 6.86. The lowest BCUT2D eigenvalue weighted by atomic mass is 10.1. The second-order valence-electron chi connectivity index (χ2n) is 5.31. The van der Waals surface area contributed by atoms with Gasteiger partial charge in [-0.15, -0.1) is 0 Å². The number of rotatable bonds is 4. The molecule has 0 aliphatic carbocycles. The Labute approximate surface area is 148 Å². The number of hydrogen-bond donors (Lipinski definition) is 1. The number of H-pyrrole nitrogens is 1. The van der Waals surface area contributed by atoms with Crippen LogP contribution in [0.1, 0.15) is 20.7 Å². The van der Waals surface area contributed by atoms with Gasteiger partial charge in [0.2, 0.25) is 0 Å². The third kappa shape index (κ3) is 3.16. The lowest BCUT2D eigenvalue weighted by molar-refractivity contribution is 0.0985. The molecule has 0 fully saturated rings. The van der Waals surface area contributed by atoms with Crippen LogP contribution in [-0.2, 0) is 0 Å². The lowest BCUT2D eigenvalue weighted by Crippen LogP contribution is -2.27. The van der Waals surface area contributed by atoms with Crippen LogP contribution in [0.15, 0.2) is 48.5 Å². The van der Waals surface area contributed by atoms with Crippen molar-refractivity contribution >= 4 is 29.6 Å². The largest absolute Gasteiger partial charge is 0.298 e. The molecule has 0 atom stereocenters. The first-order valence-corrected chi connectivity index (χ1v) is 7.72. The van der Waals surface area contributed by atoms with Gasteiger partial charge in [0.15, 0.2) is 12.1 Å². The fraction of sp³-hybridized carbons (Fsp3) is 0.0556. The summed E-state index contributed by atoms with van der Waals surface area (Å²) in [4.78, 5) is 25.1. The number of amides is 1. The summed E-state index contributed by atoms with van der Waals surface area (Å²) < 4.78 is 13.1. The molecule has 1 aromatic heterocycles. The average molecular weight is 358 g/mol. The first-order valence-electron chi connectivity index (χ1n) is 7.35. The number of aldehydes is 1. The normalized spacial score (nSPS) is 10.5. The zero-order chi connectivity index (χ0) is 18.0. The van der Waals surface area contributed by atoms with Crippen LogP contribution in [-0.4, -0.2) is 29.4 Å². The van der Waals surface area contributed by atoms with Crippen LogP contribution in [0.5, 0.6) is 0 Å². The molecule has 1 N–H and O–H groups in total. The summed E-state index contributed by atoms with van der Waals surface area (Å²) in [7, 11) is 1.51. The maximum absolute atomic E-state index is 13.1. The number of aromatic amines is 1. The number of anilines is 1. The molecule has 0 radical (unpaired) electrons. The van der Waals surface area contributed by atoms with Crippen LogP contribution in [0, 0.1) is 5.82 Å². The standard InChI is InChI=1S/C18H13ClFN3O2/c1-23(18(25)14-5-3-2-4-12(14)10-24)17-15(19)16(21-22-17)11-6-8-13(20)9-7-11/h2-10H,1H3,(H,21,22). The van der Waals surface area contributed by atoms with Gasteiger partial charge in [0.05, 0.1) is 11.3 Å². The predicted molar refractivity (Wildman–Crippen MR) is 93.6 cm³/mol. The van der Waals surface area contributed by atoms with Gasteiger partial charge in [-0.2, -0.15) is 5.10 Å². The smallest absolute Gasteiger partial charge is 0.259 e. The van der Waals surface area contributed by atoms with Crippen molar-refractivity contribution in [1.29, 1.82) is 0 Å². The summed E-state index contributed by atoms with van der Waals surface area (Å²) in [5, 5.41) is 7.07. The summed E-state index contributed by atoms with van der Waals surface area (Å²) in [6.45, 7) is 0. The number of aromatic nitrogens is 2. The molecule has 0 aliphatic rings. The van der Waals surface area contributed by atoms with E-state index < -0.39 is 5.91 Å². The van der Waals surface area contributed by atoms with Crippen molar-refractivity contribution in [2.75, 3.05) is 11.9 Å². The molecule has 0 unspecified atom stereocenters. The van der Waals surface area contributed by atoms with Gasteiger partial charge in [-0.3, -0.25) is 19.6 Å². The molecular formula is C18H13ClFN3O2. The number of carbonyl (C=O) groups is 2. The molecule has 0 spiro atoms. The van der Waals surface area contributed by atoms with E-state index in [4.69, 9.17) is 11.6 Å². The van der Waals surface area contributed by atoms with Crippen LogP contribution < -0.4 is 4.90 Å². The molecule has 126 valence electrons. The molecule has 1 amide bonds. The zero-order valence-electron chi connectivity index (χ0n) is 13.2. The first kappa shape index (κ1) is 16.9. The van der Waals surface area contributed by atoms with E-state index in [0.717, 1.165) is 0 Å². The number of halogens is 2. The van der Waals surface area contributed by atoms with Crippen LogP contribution in [0.25, 0.3) is 11.3 Å². The lowest BCUT2D eigenvalue weighted by Gasteiger charge is -2.15. The molecule has 3 rings (SSSR count). The summed E-state index contributed by atoms with van der Waals surface area (Å²) >= 11 is 6.35. The molecule has 3 aromatic rings. The second-order valence-corrected chi connectivity index (χ2v) is 5.69. The monoisotopic (exact) mass is 357 g/mol. The van der Waals surface area contributed by atoms with E-state index in [-0.39, 0.29) is 27.8 Å². The Balaban J connectivity index is 1.95. The van der Waals surface area contributed by atoms with E-state index in [1.165, 1.54) is 24.1 Å². The molecule has 0 aliphatic heterocycles. The first-order chi connectivity index (χ1) is 12.0. The van der Waals surface area contributed by atoms with Gasteiger partial charge < -0.3 is 0 Å². The molecule has 7 heteroatoms. The van der Waals surface area contributed by atoms with E-state index in [0.29, 0.717) is 17.5 Å². The molecule has 2 aromatic carbocycles. The van der Waals surface area contributed by atoms with Crippen LogP contribution in [0.4, 0.5) is 10.2 Å². The minimum Gasteiger partial charge on any atom is -0.298 e. The average Bonchev–Trinajstić information content (AvgIpc) is 3.02. The fourth-order valence-electron chi connectivity index (χ4n) is 2.42. The Hall–Kier alpha value is -2.99. The van der Waals surface area contributed by atoms with E-state index >= 15 is 0 Å². The Bertz CT molecular complexity index is 938. The quantitative estimate of drug-likeness (QED) is 0.719. The van der Waals surface area contributed by atoms with Gasteiger partial charge >= 0.3 is 0 Å². The Morgan fingerprint density at radius 1 is 1.20 bits per heavy atom. The van der Waals surface area contributed by atoms with Crippen LogP contribution >= 0.6 is 11.6 Å². The summed E-state index contributed by atoms with van der Waals surface area (Å²) in [5.41, 5.74) is 1.64. The third-order valence-corrected chi connectivity index (χ3v) is 4.12. The minimum absolute atomic E-state index is 0.215. The molecule has 25 heavy (non-hydrogen) atoms. The summed E-state index contributed by atoms with van der Waals surface area (Å²) in [5.74, 6) is -0.564. The van der Waals surface area contributed by atoms with Crippen molar-refractivity contribution in [3.05, 3.63) is 70.5 Å². The van der Waals surface area contributed by atoms with Crippen LogP contribution in [0.2, 0.25) is 5.02 Å². The third-order valence-electron chi connectivity index (χ3n) is 3.76. The van der Waals surface area contributed by atoms with E-state index in [2.05, 4.69) is 10.2 Å². The SMILES string of the molecule is CN(C(=O)c1ccccc1C=O)c1n[nH]c(-c2ccc(F)cc2)c1Cl. The number of nitrogens with one attached hydrogen (secondary N) is 1. The zero-order valence-corrected chi connectivity index (χ0v) is 13.9. The molecule has 0 saturated heterocycles. The summed E-state index contributed by atoms with van der Waals surface area (Å²) in [6, 6.07) is 12.2. The molecule has 0 saturated carbocycles.